The van der Waals surface area contributed by atoms with Crippen LogP contribution in [0, 0.1) is 25.2 Å². The maximum Gasteiger partial charge on any atom is 0.264 e. The highest BCUT2D eigenvalue weighted by Gasteiger charge is 2.19. The first-order chi connectivity index (χ1) is 14.9. The van der Waals surface area contributed by atoms with Crippen LogP contribution in [0.1, 0.15) is 16.3 Å². The molecule has 0 radical (unpaired) electrons. The lowest BCUT2D eigenvalue weighted by molar-refractivity contribution is 0.430. The Morgan fingerprint density at radius 2 is 1.90 bits per heavy atom. The van der Waals surface area contributed by atoms with Gasteiger partial charge in [0.05, 0.1) is 20.8 Å². The summed E-state index contributed by atoms with van der Waals surface area (Å²) in [5.74, 6) is 0.0946. The van der Waals surface area contributed by atoms with Crippen molar-refractivity contribution in [1.29, 1.82) is 5.26 Å². The Morgan fingerprint density at radius 1 is 1.16 bits per heavy atom. The lowest BCUT2D eigenvalue weighted by atomic mass is 10.3. The molecule has 4 rings (SSSR count). The van der Waals surface area contributed by atoms with Crippen molar-refractivity contribution >= 4 is 48.7 Å². The predicted octanol–water partition coefficient (Wildman–Crippen LogP) is 4.68. The zero-order chi connectivity index (χ0) is 22.0. The van der Waals surface area contributed by atoms with E-state index in [-0.39, 0.29) is 10.8 Å². The van der Waals surface area contributed by atoms with Crippen molar-refractivity contribution in [1.82, 2.24) is 10.1 Å². The average molecular weight is 452 g/mol. The number of allylic oxidation sites excluding steroid dienone is 1. The average Bonchev–Trinajstić information content (AvgIpc) is 3.33. The molecule has 2 aromatic heterocycles. The van der Waals surface area contributed by atoms with Crippen LogP contribution in [0.15, 0.2) is 64.1 Å². The third-order valence-corrected chi connectivity index (χ3v) is 6.99. The maximum atomic E-state index is 12.6. The van der Waals surface area contributed by atoms with Crippen LogP contribution < -0.4 is 10.0 Å². The molecule has 31 heavy (non-hydrogen) atoms. The van der Waals surface area contributed by atoms with Crippen LogP contribution in [0.5, 0.6) is 0 Å². The number of aryl methyl sites for hydroxylation is 1. The Morgan fingerprint density at radius 3 is 2.55 bits per heavy atom. The van der Waals surface area contributed by atoms with E-state index in [4.69, 9.17) is 4.52 Å². The van der Waals surface area contributed by atoms with Gasteiger partial charge < -0.3 is 9.84 Å². The number of anilines is 2. The Balaban J connectivity index is 1.51. The van der Waals surface area contributed by atoms with Gasteiger partial charge >= 0.3 is 0 Å². The van der Waals surface area contributed by atoms with Gasteiger partial charge in [-0.15, -0.1) is 11.3 Å². The number of thiazole rings is 1. The third-order valence-electron chi connectivity index (χ3n) is 4.58. The van der Waals surface area contributed by atoms with Crippen molar-refractivity contribution in [2.24, 2.45) is 0 Å². The molecule has 8 nitrogen and oxygen atoms in total. The van der Waals surface area contributed by atoms with Crippen LogP contribution in [0.2, 0.25) is 0 Å². The van der Waals surface area contributed by atoms with Crippen LogP contribution in [-0.4, -0.2) is 18.6 Å². The molecule has 10 heteroatoms. The van der Waals surface area contributed by atoms with E-state index in [1.54, 1.807) is 32.2 Å². The molecule has 0 fully saturated rings. The number of fused-ring (bicyclic) bond motifs is 1. The van der Waals surface area contributed by atoms with Crippen LogP contribution in [0.4, 0.5) is 11.6 Å². The van der Waals surface area contributed by atoms with Gasteiger partial charge in [-0.3, -0.25) is 0 Å². The molecule has 4 aromatic rings. The molecular formula is C21H17N5O3S2. The molecule has 156 valence electrons. The van der Waals surface area contributed by atoms with E-state index in [2.05, 4.69) is 26.2 Å². The van der Waals surface area contributed by atoms with E-state index in [9.17, 15) is 13.7 Å². The van der Waals surface area contributed by atoms with Gasteiger partial charge in [0.2, 0.25) is 5.88 Å². The molecule has 0 spiro atoms. The van der Waals surface area contributed by atoms with Crippen LogP contribution in [0.3, 0.4) is 0 Å². The number of nitrogens with one attached hydrogen (secondary N) is 2. The summed E-state index contributed by atoms with van der Waals surface area (Å²) in [6, 6.07) is 15.9. The normalized spacial score (nSPS) is 12.0. The molecular weight excluding hydrogens is 434 g/mol. The first kappa shape index (κ1) is 20.6. The van der Waals surface area contributed by atoms with Gasteiger partial charge in [-0.1, -0.05) is 17.3 Å². The summed E-state index contributed by atoms with van der Waals surface area (Å²) < 4.78 is 33.6. The second kappa shape index (κ2) is 8.22. The molecule has 0 atom stereocenters. The molecule has 0 aliphatic rings. The standard InChI is InChI=1S/C21H17N5O3S2/c1-13-14(2)25-29-20(13)26-31(27,28)17-9-7-16(8-10-17)23-12-15(11-22)21-24-18-5-3-4-6-19(18)30-21/h3-10,12,23,26H,1-2H3/b15-12-. The summed E-state index contributed by atoms with van der Waals surface area (Å²) in [4.78, 5) is 4.55. The van der Waals surface area contributed by atoms with E-state index in [1.165, 1.54) is 23.5 Å². The highest BCUT2D eigenvalue weighted by molar-refractivity contribution is 7.92. The number of rotatable bonds is 6. The fraction of sp³-hybridized carbons (Fsp3) is 0.0952. The van der Waals surface area contributed by atoms with Crippen molar-refractivity contribution in [2.75, 3.05) is 10.0 Å². The number of sulfonamides is 1. The molecule has 2 aromatic carbocycles. The lowest BCUT2D eigenvalue weighted by Crippen LogP contribution is -2.13. The van der Waals surface area contributed by atoms with Gasteiger partial charge in [-0.25, -0.2) is 18.1 Å². The van der Waals surface area contributed by atoms with Gasteiger partial charge in [-0.2, -0.15) is 5.26 Å². The van der Waals surface area contributed by atoms with Crippen molar-refractivity contribution in [3.8, 4) is 6.07 Å². The molecule has 0 saturated heterocycles. The Hall–Kier alpha value is -3.68. The minimum atomic E-state index is -3.82. The van der Waals surface area contributed by atoms with Gasteiger partial charge in [-0.05, 0) is 50.2 Å². The van der Waals surface area contributed by atoms with Crippen LogP contribution >= 0.6 is 11.3 Å². The summed E-state index contributed by atoms with van der Waals surface area (Å²) in [6.07, 6.45) is 1.56. The van der Waals surface area contributed by atoms with Gasteiger partial charge in [0.25, 0.3) is 10.0 Å². The topological polar surface area (TPSA) is 121 Å². The monoisotopic (exact) mass is 451 g/mol. The van der Waals surface area contributed by atoms with Crippen molar-refractivity contribution in [2.45, 2.75) is 18.7 Å². The van der Waals surface area contributed by atoms with Gasteiger partial charge in [0, 0.05) is 17.5 Å². The maximum absolute atomic E-state index is 12.6. The SMILES string of the molecule is Cc1noc(NS(=O)(=O)c2ccc(N/C=C(/C#N)c3nc4ccccc4s3)cc2)c1C. The minimum absolute atomic E-state index is 0.0714. The first-order valence-corrected chi connectivity index (χ1v) is 11.5. The third kappa shape index (κ3) is 4.28. The number of hydrogen-bond donors (Lipinski definition) is 2. The number of nitriles is 1. The summed E-state index contributed by atoms with van der Waals surface area (Å²) >= 11 is 1.43. The largest absolute Gasteiger partial charge is 0.360 e. The molecule has 2 N–H and O–H groups in total. The summed E-state index contributed by atoms with van der Waals surface area (Å²) in [5.41, 5.74) is 3.09. The second-order valence-corrected chi connectivity index (χ2v) is 9.37. The fourth-order valence-corrected chi connectivity index (χ4v) is 4.68. The quantitative estimate of drug-likeness (QED) is 0.408. The van der Waals surface area contributed by atoms with Gasteiger partial charge in [0.1, 0.15) is 16.6 Å². The van der Waals surface area contributed by atoms with Crippen LogP contribution in [0.25, 0.3) is 15.8 Å². The number of hydrogen-bond acceptors (Lipinski definition) is 8. The molecule has 0 bridgehead atoms. The number of aromatic nitrogens is 2. The van der Waals surface area contributed by atoms with E-state index in [0.717, 1.165) is 10.2 Å². The molecule has 2 heterocycles. The van der Waals surface area contributed by atoms with Gasteiger partial charge in [0.15, 0.2) is 0 Å². The smallest absolute Gasteiger partial charge is 0.264 e. The summed E-state index contributed by atoms with van der Waals surface area (Å²) in [6.45, 7) is 3.45. The highest BCUT2D eigenvalue weighted by Crippen LogP contribution is 2.27. The van der Waals surface area contributed by atoms with E-state index in [1.807, 2.05) is 24.3 Å². The Labute approximate surface area is 182 Å². The molecule has 0 aliphatic heterocycles. The minimum Gasteiger partial charge on any atom is -0.360 e. The molecule has 0 saturated carbocycles. The first-order valence-electron chi connectivity index (χ1n) is 9.16. The predicted molar refractivity (Wildman–Crippen MR) is 120 cm³/mol. The van der Waals surface area contributed by atoms with Crippen molar-refractivity contribution in [3.05, 3.63) is 71.0 Å². The fourth-order valence-electron chi connectivity index (χ4n) is 2.71. The number of benzene rings is 2. The number of nitrogens with zero attached hydrogens (tertiary/aromatic N) is 3. The Kier molecular flexibility index (Phi) is 5.46. The zero-order valence-corrected chi connectivity index (χ0v) is 18.2. The molecule has 0 aliphatic carbocycles. The lowest BCUT2D eigenvalue weighted by Gasteiger charge is -2.07. The van der Waals surface area contributed by atoms with E-state index < -0.39 is 10.0 Å². The zero-order valence-electron chi connectivity index (χ0n) is 16.6. The second-order valence-electron chi connectivity index (χ2n) is 6.65. The summed E-state index contributed by atoms with van der Waals surface area (Å²) in [5, 5.41) is 16.9. The Bertz CT molecular complexity index is 1390. The summed E-state index contributed by atoms with van der Waals surface area (Å²) in [7, 11) is -3.82. The van der Waals surface area contributed by atoms with E-state index >= 15 is 0 Å². The molecule has 0 unspecified atom stereocenters. The van der Waals surface area contributed by atoms with Crippen molar-refractivity contribution in [3.63, 3.8) is 0 Å². The van der Waals surface area contributed by atoms with Crippen molar-refractivity contribution < 1.29 is 12.9 Å². The highest BCUT2D eigenvalue weighted by atomic mass is 32.2. The number of para-hydroxylation sites is 1. The van der Waals surface area contributed by atoms with Crippen LogP contribution in [-0.2, 0) is 10.0 Å². The molecule has 0 amide bonds. The van der Waals surface area contributed by atoms with E-state index in [0.29, 0.717) is 27.5 Å².